The Morgan fingerprint density at radius 1 is 1.85 bits per heavy atom. The molecule has 1 aromatic rings. The minimum absolute atomic E-state index is 0.612. The molecular formula is C8H11IN4. The van der Waals surface area contributed by atoms with Gasteiger partial charge in [-0.05, 0) is 35.9 Å². The number of aryl methyl sites for hydroxylation is 1. The zero-order chi connectivity index (χ0) is 9.90. The van der Waals surface area contributed by atoms with Gasteiger partial charge in [0.05, 0.1) is 15.8 Å². The van der Waals surface area contributed by atoms with E-state index < -0.39 is 5.54 Å². The SMILES string of the molecule is CC(N)(C#N)CCn1cc(I)cn1. The number of hydrogen-bond donors (Lipinski definition) is 1. The van der Waals surface area contributed by atoms with Crippen LogP contribution in [0.2, 0.25) is 0 Å². The van der Waals surface area contributed by atoms with E-state index >= 15 is 0 Å². The van der Waals surface area contributed by atoms with E-state index in [9.17, 15) is 0 Å². The molecule has 0 aliphatic carbocycles. The molecule has 4 nitrogen and oxygen atoms in total. The summed E-state index contributed by atoms with van der Waals surface area (Å²) in [6.45, 7) is 2.41. The highest BCUT2D eigenvalue weighted by atomic mass is 127. The lowest BCUT2D eigenvalue weighted by Crippen LogP contribution is -2.35. The van der Waals surface area contributed by atoms with Crippen LogP contribution in [-0.2, 0) is 6.54 Å². The second-order valence-electron chi connectivity index (χ2n) is 3.20. The van der Waals surface area contributed by atoms with E-state index in [1.54, 1.807) is 17.8 Å². The number of nitriles is 1. The Hall–Kier alpha value is -0.610. The topological polar surface area (TPSA) is 67.6 Å². The van der Waals surface area contributed by atoms with Crippen LogP contribution in [-0.4, -0.2) is 15.3 Å². The number of halogens is 1. The molecule has 5 heteroatoms. The predicted octanol–water partition coefficient (Wildman–Crippen LogP) is 1.12. The third-order valence-corrected chi connectivity index (χ3v) is 2.27. The maximum Gasteiger partial charge on any atom is 0.103 e. The van der Waals surface area contributed by atoms with Crippen molar-refractivity contribution in [3.8, 4) is 6.07 Å². The summed E-state index contributed by atoms with van der Waals surface area (Å²) in [5.74, 6) is 0. The number of aromatic nitrogens is 2. The Kier molecular flexibility index (Phi) is 3.27. The second kappa shape index (κ2) is 4.07. The maximum absolute atomic E-state index is 8.67. The van der Waals surface area contributed by atoms with Crippen molar-refractivity contribution in [2.45, 2.75) is 25.4 Å². The van der Waals surface area contributed by atoms with E-state index in [4.69, 9.17) is 11.0 Å². The Morgan fingerprint density at radius 3 is 3.00 bits per heavy atom. The summed E-state index contributed by atoms with van der Waals surface area (Å²) in [7, 11) is 0. The lowest BCUT2D eigenvalue weighted by molar-refractivity contribution is 0.467. The van der Waals surface area contributed by atoms with E-state index in [1.807, 2.05) is 6.20 Å². The van der Waals surface area contributed by atoms with Crippen molar-refractivity contribution in [3.63, 3.8) is 0 Å². The molecule has 0 radical (unpaired) electrons. The van der Waals surface area contributed by atoms with E-state index in [1.165, 1.54) is 0 Å². The highest BCUT2D eigenvalue weighted by molar-refractivity contribution is 14.1. The molecule has 0 fully saturated rings. The standard InChI is InChI=1S/C8H11IN4/c1-8(11,6-10)2-3-13-5-7(9)4-12-13/h4-5H,2-3,11H2,1H3. The molecule has 1 heterocycles. The fourth-order valence-corrected chi connectivity index (χ4v) is 1.31. The van der Waals surface area contributed by atoms with Gasteiger partial charge in [0, 0.05) is 12.7 Å². The van der Waals surface area contributed by atoms with Crippen molar-refractivity contribution < 1.29 is 0 Å². The van der Waals surface area contributed by atoms with Crippen LogP contribution < -0.4 is 5.73 Å². The lowest BCUT2D eigenvalue weighted by atomic mass is 10.0. The molecule has 0 saturated heterocycles. The normalized spacial score (nSPS) is 14.9. The summed E-state index contributed by atoms with van der Waals surface area (Å²) in [6.07, 6.45) is 4.32. The maximum atomic E-state index is 8.67. The highest BCUT2D eigenvalue weighted by Gasteiger charge is 2.16. The molecule has 2 N–H and O–H groups in total. The summed E-state index contributed by atoms with van der Waals surface area (Å²) in [4.78, 5) is 0. The van der Waals surface area contributed by atoms with Crippen LogP contribution in [0, 0.1) is 14.9 Å². The van der Waals surface area contributed by atoms with Gasteiger partial charge >= 0.3 is 0 Å². The summed E-state index contributed by atoms with van der Waals surface area (Å²) in [5, 5.41) is 12.8. The van der Waals surface area contributed by atoms with Gasteiger partial charge in [0.2, 0.25) is 0 Å². The molecule has 0 aromatic carbocycles. The molecule has 0 spiro atoms. The lowest BCUT2D eigenvalue weighted by Gasteiger charge is -2.14. The molecule has 0 bridgehead atoms. The average Bonchev–Trinajstić information content (AvgIpc) is 2.48. The minimum Gasteiger partial charge on any atom is -0.314 e. The number of rotatable bonds is 3. The molecule has 1 rings (SSSR count). The first kappa shape index (κ1) is 10.5. The molecule has 13 heavy (non-hydrogen) atoms. The van der Waals surface area contributed by atoms with E-state index in [0.717, 1.165) is 3.57 Å². The second-order valence-corrected chi connectivity index (χ2v) is 4.45. The van der Waals surface area contributed by atoms with E-state index in [0.29, 0.717) is 13.0 Å². The molecule has 1 aromatic heterocycles. The first-order valence-electron chi connectivity index (χ1n) is 3.91. The fraction of sp³-hybridized carbons (Fsp3) is 0.500. The van der Waals surface area contributed by atoms with Crippen LogP contribution in [0.3, 0.4) is 0 Å². The Labute approximate surface area is 90.9 Å². The zero-order valence-corrected chi connectivity index (χ0v) is 9.52. The first-order chi connectivity index (χ1) is 6.03. The van der Waals surface area contributed by atoms with Gasteiger partial charge in [-0.3, -0.25) is 4.68 Å². The van der Waals surface area contributed by atoms with Crippen molar-refractivity contribution in [3.05, 3.63) is 16.0 Å². The molecule has 1 atom stereocenters. The van der Waals surface area contributed by atoms with Gasteiger partial charge < -0.3 is 5.73 Å². The minimum atomic E-state index is -0.753. The van der Waals surface area contributed by atoms with Crippen molar-refractivity contribution in [1.29, 1.82) is 5.26 Å². The largest absolute Gasteiger partial charge is 0.314 e. The summed E-state index contributed by atoms with van der Waals surface area (Å²) in [6, 6.07) is 2.05. The van der Waals surface area contributed by atoms with Gasteiger partial charge in [0.15, 0.2) is 0 Å². The molecule has 0 saturated carbocycles. The van der Waals surface area contributed by atoms with Gasteiger partial charge in [-0.1, -0.05) is 0 Å². The summed E-state index contributed by atoms with van der Waals surface area (Å²) >= 11 is 2.19. The highest BCUT2D eigenvalue weighted by Crippen LogP contribution is 2.07. The Balaban J connectivity index is 2.49. The molecule has 0 aliphatic heterocycles. The van der Waals surface area contributed by atoms with E-state index in [2.05, 4.69) is 33.8 Å². The Bertz CT molecular complexity index is 323. The van der Waals surface area contributed by atoms with Gasteiger partial charge in [-0.25, -0.2) is 0 Å². The number of hydrogen-bond acceptors (Lipinski definition) is 3. The molecule has 0 aliphatic rings. The van der Waals surface area contributed by atoms with Gasteiger partial charge in [-0.15, -0.1) is 0 Å². The zero-order valence-electron chi connectivity index (χ0n) is 7.37. The Morgan fingerprint density at radius 2 is 2.54 bits per heavy atom. The number of nitrogens with zero attached hydrogens (tertiary/aromatic N) is 3. The average molecular weight is 290 g/mol. The van der Waals surface area contributed by atoms with Crippen molar-refractivity contribution >= 4 is 22.6 Å². The fourth-order valence-electron chi connectivity index (χ4n) is 0.863. The third kappa shape index (κ3) is 3.32. The van der Waals surface area contributed by atoms with Crippen LogP contribution in [0.4, 0.5) is 0 Å². The van der Waals surface area contributed by atoms with Crippen LogP contribution in [0.5, 0.6) is 0 Å². The quantitative estimate of drug-likeness (QED) is 0.848. The van der Waals surface area contributed by atoms with Crippen LogP contribution in [0.25, 0.3) is 0 Å². The van der Waals surface area contributed by atoms with Crippen LogP contribution in [0.1, 0.15) is 13.3 Å². The van der Waals surface area contributed by atoms with Crippen molar-refractivity contribution in [2.75, 3.05) is 0 Å². The smallest absolute Gasteiger partial charge is 0.103 e. The first-order valence-corrected chi connectivity index (χ1v) is 4.99. The van der Waals surface area contributed by atoms with Gasteiger partial charge in [-0.2, -0.15) is 10.4 Å². The summed E-state index contributed by atoms with van der Waals surface area (Å²) < 4.78 is 2.89. The van der Waals surface area contributed by atoms with Crippen LogP contribution in [0.15, 0.2) is 12.4 Å². The predicted molar refractivity (Wildman–Crippen MR) is 57.8 cm³/mol. The summed E-state index contributed by atoms with van der Waals surface area (Å²) in [5.41, 5.74) is 4.91. The van der Waals surface area contributed by atoms with E-state index in [-0.39, 0.29) is 0 Å². The monoisotopic (exact) mass is 290 g/mol. The third-order valence-electron chi connectivity index (χ3n) is 1.72. The number of nitrogens with two attached hydrogens (primary N) is 1. The molecular weight excluding hydrogens is 279 g/mol. The molecule has 0 amide bonds. The van der Waals surface area contributed by atoms with Crippen LogP contribution >= 0.6 is 22.6 Å². The molecule has 70 valence electrons. The van der Waals surface area contributed by atoms with Gasteiger partial charge in [0.25, 0.3) is 0 Å². The van der Waals surface area contributed by atoms with Crippen molar-refractivity contribution in [1.82, 2.24) is 9.78 Å². The van der Waals surface area contributed by atoms with Gasteiger partial charge in [0.1, 0.15) is 5.54 Å². The molecule has 1 unspecified atom stereocenters. The van der Waals surface area contributed by atoms with Crippen molar-refractivity contribution in [2.24, 2.45) is 5.73 Å².